The summed E-state index contributed by atoms with van der Waals surface area (Å²) in [6.07, 6.45) is 1.58. The molecule has 2 aliphatic rings. The van der Waals surface area contributed by atoms with Crippen molar-refractivity contribution in [2.75, 3.05) is 17.7 Å². The maximum Gasteiger partial charge on any atom is 0.270 e. The summed E-state index contributed by atoms with van der Waals surface area (Å²) in [6.45, 7) is 9.09. The summed E-state index contributed by atoms with van der Waals surface area (Å²) in [5.41, 5.74) is 2.57. The van der Waals surface area contributed by atoms with Gasteiger partial charge in [0.2, 0.25) is 5.91 Å². The molecule has 0 spiro atoms. The molecule has 0 radical (unpaired) electrons. The van der Waals surface area contributed by atoms with Crippen LogP contribution in [0.4, 0.5) is 5.82 Å². The molecule has 1 aromatic heterocycles. The summed E-state index contributed by atoms with van der Waals surface area (Å²) in [7, 11) is 0. The molecule has 1 amide bonds. The van der Waals surface area contributed by atoms with Gasteiger partial charge in [0, 0.05) is 6.61 Å². The monoisotopic (exact) mass is 415 g/mol. The van der Waals surface area contributed by atoms with Crippen molar-refractivity contribution < 1.29 is 9.53 Å². The second-order valence-electron chi connectivity index (χ2n) is 8.89. The van der Waals surface area contributed by atoms with Crippen molar-refractivity contribution in [3.05, 3.63) is 51.3 Å². The van der Waals surface area contributed by atoms with Crippen molar-refractivity contribution in [2.45, 2.75) is 63.3 Å². The molecule has 0 bridgehead atoms. The highest BCUT2D eigenvalue weighted by molar-refractivity contribution is 8.00. The molecule has 156 valence electrons. The fourth-order valence-corrected chi connectivity index (χ4v) is 5.38. The van der Waals surface area contributed by atoms with E-state index in [0.29, 0.717) is 29.7 Å². The van der Waals surface area contributed by atoms with Crippen LogP contribution in [0.3, 0.4) is 0 Å². The smallest absolute Gasteiger partial charge is 0.270 e. The summed E-state index contributed by atoms with van der Waals surface area (Å²) < 4.78 is 7.71. The first-order valence-electron chi connectivity index (χ1n) is 10.2. The van der Waals surface area contributed by atoms with Crippen LogP contribution in [0.2, 0.25) is 0 Å². The average Bonchev–Trinajstić information content (AvgIpc) is 2.87. The second-order valence-corrected chi connectivity index (χ2v) is 9.98. The van der Waals surface area contributed by atoms with Crippen LogP contribution in [-0.2, 0) is 9.53 Å². The van der Waals surface area contributed by atoms with E-state index in [0.717, 1.165) is 18.4 Å². The van der Waals surface area contributed by atoms with E-state index in [4.69, 9.17) is 4.74 Å². The van der Waals surface area contributed by atoms with Gasteiger partial charge < -0.3 is 10.1 Å². The van der Waals surface area contributed by atoms with Gasteiger partial charge >= 0.3 is 0 Å². The predicted molar refractivity (Wildman–Crippen MR) is 117 cm³/mol. The van der Waals surface area contributed by atoms with E-state index in [2.05, 4.69) is 62.4 Å². The SMILES string of the molecule is CC(C)c1ccc(C2SCC(=O)Nc3c2c(=O)[nH]n3C2CCOC(C)(C)C2)cc1. The van der Waals surface area contributed by atoms with Gasteiger partial charge in [0.15, 0.2) is 0 Å². The summed E-state index contributed by atoms with van der Waals surface area (Å²) in [5, 5.41) is 5.84. The van der Waals surface area contributed by atoms with E-state index in [1.807, 2.05) is 4.68 Å². The van der Waals surface area contributed by atoms with Crippen molar-refractivity contribution in [2.24, 2.45) is 0 Å². The zero-order chi connectivity index (χ0) is 20.8. The molecular weight excluding hydrogens is 386 g/mol. The second kappa shape index (κ2) is 7.69. The number of nitrogens with one attached hydrogen (secondary N) is 2. The van der Waals surface area contributed by atoms with Crippen LogP contribution in [0.15, 0.2) is 29.1 Å². The van der Waals surface area contributed by atoms with Crippen molar-refractivity contribution in [3.63, 3.8) is 0 Å². The number of benzene rings is 1. The minimum atomic E-state index is -0.257. The van der Waals surface area contributed by atoms with Crippen LogP contribution in [0.5, 0.6) is 0 Å². The Morgan fingerprint density at radius 3 is 2.59 bits per heavy atom. The number of thioether (sulfide) groups is 1. The summed E-state index contributed by atoms with van der Waals surface area (Å²) >= 11 is 1.51. The van der Waals surface area contributed by atoms with Crippen molar-refractivity contribution >= 4 is 23.5 Å². The molecule has 2 unspecified atom stereocenters. The third kappa shape index (κ3) is 4.03. The Balaban J connectivity index is 1.76. The van der Waals surface area contributed by atoms with Crippen molar-refractivity contribution in [3.8, 4) is 0 Å². The molecule has 1 saturated heterocycles. The Morgan fingerprint density at radius 2 is 1.93 bits per heavy atom. The minimum absolute atomic E-state index is 0.0726. The number of hydrogen-bond donors (Lipinski definition) is 2. The Kier molecular flexibility index (Phi) is 5.38. The number of ether oxygens (including phenoxy) is 1. The number of nitrogens with zero attached hydrogens (tertiary/aromatic N) is 1. The molecular formula is C22H29N3O3S. The van der Waals surface area contributed by atoms with Gasteiger partial charge in [0.05, 0.1) is 28.2 Å². The number of amides is 1. The van der Waals surface area contributed by atoms with Crippen LogP contribution in [0, 0.1) is 0 Å². The largest absolute Gasteiger partial charge is 0.375 e. The Bertz CT molecular complexity index is 959. The Morgan fingerprint density at radius 1 is 1.21 bits per heavy atom. The molecule has 0 aliphatic carbocycles. The van der Waals surface area contributed by atoms with Gasteiger partial charge in [-0.05, 0) is 43.7 Å². The normalized spacial score (nSPS) is 24.1. The van der Waals surface area contributed by atoms with Crippen molar-refractivity contribution in [1.82, 2.24) is 9.78 Å². The predicted octanol–water partition coefficient (Wildman–Crippen LogP) is 4.20. The van der Waals surface area contributed by atoms with Gasteiger partial charge in [-0.25, -0.2) is 0 Å². The van der Waals surface area contributed by atoms with Crippen LogP contribution in [-0.4, -0.2) is 33.6 Å². The molecule has 2 aromatic rings. The zero-order valence-corrected chi connectivity index (χ0v) is 18.3. The number of carbonyl (C=O) groups is 1. The number of rotatable bonds is 3. The first kappa shape index (κ1) is 20.3. The highest BCUT2D eigenvalue weighted by atomic mass is 32.2. The van der Waals surface area contributed by atoms with Gasteiger partial charge in [0.25, 0.3) is 5.56 Å². The third-order valence-electron chi connectivity index (χ3n) is 5.81. The molecule has 1 aromatic carbocycles. The first-order chi connectivity index (χ1) is 13.7. The van der Waals surface area contributed by atoms with Gasteiger partial charge in [-0.2, -0.15) is 0 Å². The lowest BCUT2D eigenvalue weighted by atomic mass is 9.94. The number of anilines is 1. The molecule has 1 fully saturated rings. The molecule has 6 nitrogen and oxygen atoms in total. The van der Waals surface area contributed by atoms with E-state index in [9.17, 15) is 9.59 Å². The zero-order valence-electron chi connectivity index (χ0n) is 17.5. The third-order valence-corrected chi connectivity index (χ3v) is 7.08. The first-order valence-corrected chi connectivity index (χ1v) is 11.3. The number of hydrogen-bond acceptors (Lipinski definition) is 4. The van der Waals surface area contributed by atoms with E-state index in [1.165, 1.54) is 17.3 Å². The number of H-pyrrole nitrogens is 1. The highest BCUT2D eigenvalue weighted by Gasteiger charge is 2.35. The maximum absolute atomic E-state index is 13.0. The molecule has 2 aliphatic heterocycles. The van der Waals surface area contributed by atoms with Gasteiger partial charge in [-0.1, -0.05) is 38.1 Å². The standard InChI is InChI=1S/C22H29N3O3S/c1-13(2)14-5-7-15(8-6-14)19-18-20(23-17(26)12-29-19)25(24-21(18)27)16-9-10-28-22(3,4)11-16/h5-8,13,16,19H,9-12H2,1-4H3,(H,23,26)(H,24,27). The van der Waals surface area contributed by atoms with E-state index in [-0.39, 0.29) is 28.4 Å². The molecule has 3 heterocycles. The number of carbonyl (C=O) groups excluding carboxylic acids is 1. The lowest BCUT2D eigenvalue weighted by Gasteiger charge is -2.36. The Labute approximate surface area is 175 Å². The summed E-state index contributed by atoms with van der Waals surface area (Å²) in [4.78, 5) is 25.5. The molecule has 7 heteroatoms. The molecule has 2 atom stereocenters. The lowest BCUT2D eigenvalue weighted by Crippen LogP contribution is -2.36. The maximum atomic E-state index is 13.0. The number of fused-ring (bicyclic) bond motifs is 1. The summed E-state index contributed by atoms with van der Waals surface area (Å²) in [6, 6.07) is 8.49. The van der Waals surface area contributed by atoms with Gasteiger partial charge in [0.1, 0.15) is 5.82 Å². The Hall–Kier alpha value is -1.99. The molecule has 29 heavy (non-hydrogen) atoms. The van der Waals surface area contributed by atoms with Gasteiger partial charge in [-0.15, -0.1) is 11.8 Å². The van der Waals surface area contributed by atoms with E-state index in [1.54, 1.807) is 0 Å². The average molecular weight is 416 g/mol. The molecule has 0 saturated carbocycles. The molecule has 4 rings (SSSR count). The lowest BCUT2D eigenvalue weighted by molar-refractivity contribution is -0.113. The van der Waals surface area contributed by atoms with E-state index >= 15 is 0 Å². The van der Waals surface area contributed by atoms with E-state index < -0.39 is 0 Å². The highest BCUT2D eigenvalue weighted by Crippen LogP contribution is 2.42. The number of aromatic amines is 1. The van der Waals surface area contributed by atoms with Crippen LogP contribution < -0.4 is 10.9 Å². The number of aromatic nitrogens is 2. The topological polar surface area (TPSA) is 76.1 Å². The minimum Gasteiger partial charge on any atom is -0.375 e. The van der Waals surface area contributed by atoms with Crippen LogP contribution >= 0.6 is 11.8 Å². The fraction of sp³-hybridized carbons (Fsp3) is 0.545. The quantitative estimate of drug-likeness (QED) is 0.788. The molecule has 2 N–H and O–H groups in total. The van der Waals surface area contributed by atoms with Crippen molar-refractivity contribution in [1.29, 1.82) is 0 Å². The van der Waals surface area contributed by atoms with Crippen LogP contribution in [0.25, 0.3) is 0 Å². The fourth-order valence-electron chi connectivity index (χ4n) is 4.26. The van der Waals surface area contributed by atoms with Gasteiger partial charge in [-0.3, -0.25) is 19.4 Å². The van der Waals surface area contributed by atoms with Crippen LogP contribution in [0.1, 0.15) is 74.4 Å². The summed E-state index contributed by atoms with van der Waals surface area (Å²) in [5.74, 6) is 1.32.